The third kappa shape index (κ3) is 4.73. The molecule has 0 bridgehead atoms. The maximum absolute atomic E-state index is 11.5. The first kappa shape index (κ1) is 17.8. The first-order chi connectivity index (χ1) is 11.3. The molecule has 0 heterocycles. The molecule has 2 aromatic rings. The molecule has 4 nitrogen and oxygen atoms in total. The Bertz CT molecular complexity index is 730. The maximum atomic E-state index is 11.5. The lowest BCUT2D eigenvalue weighted by Gasteiger charge is -2.19. The van der Waals surface area contributed by atoms with Crippen molar-refractivity contribution >= 4 is 14.3 Å². The van der Waals surface area contributed by atoms with Crippen LogP contribution in [0.25, 0.3) is 11.1 Å². The summed E-state index contributed by atoms with van der Waals surface area (Å²) < 4.78 is 11.4. The number of carboxylic acid groups (broad SMARTS) is 1. The van der Waals surface area contributed by atoms with Gasteiger partial charge in [-0.3, -0.25) is 0 Å². The van der Waals surface area contributed by atoms with E-state index in [1.807, 2.05) is 24.3 Å². The molecule has 0 radical (unpaired) electrons. The standard InChI is InChI=1S/C19H22O4Si/c1-5-12-22-16-10-11-17(19(20)21)18(13-16)14-6-8-15(9-7-14)23-24(2,3)4/h5-11,13H,1,12H2,2-4H3,(H,20,21). The highest BCUT2D eigenvalue weighted by atomic mass is 28.4. The Kier molecular flexibility index (Phi) is 5.46. The number of hydrogen-bond acceptors (Lipinski definition) is 3. The van der Waals surface area contributed by atoms with Crippen LogP contribution in [0.4, 0.5) is 0 Å². The summed E-state index contributed by atoms with van der Waals surface area (Å²) >= 11 is 0. The lowest BCUT2D eigenvalue weighted by atomic mass is 9.99. The number of aromatic carboxylic acids is 1. The summed E-state index contributed by atoms with van der Waals surface area (Å²) in [5.74, 6) is 0.439. The second kappa shape index (κ2) is 7.36. The smallest absolute Gasteiger partial charge is 0.336 e. The van der Waals surface area contributed by atoms with Crippen molar-refractivity contribution in [1.82, 2.24) is 0 Å². The molecule has 0 aromatic heterocycles. The first-order valence-electron chi connectivity index (χ1n) is 7.70. The predicted octanol–water partition coefficient (Wildman–Crippen LogP) is 4.83. The van der Waals surface area contributed by atoms with E-state index in [0.717, 1.165) is 11.3 Å². The monoisotopic (exact) mass is 342 g/mol. The molecule has 0 saturated carbocycles. The lowest BCUT2D eigenvalue weighted by Crippen LogP contribution is -2.29. The molecule has 24 heavy (non-hydrogen) atoms. The maximum Gasteiger partial charge on any atom is 0.336 e. The van der Waals surface area contributed by atoms with Gasteiger partial charge < -0.3 is 14.3 Å². The van der Waals surface area contributed by atoms with Crippen LogP contribution in [0, 0.1) is 0 Å². The van der Waals surface area contributed by atoms with Crippen LogP contribution in [0.3, 0.4) is 0 Å². The third-order valence-corrected chi connectivity index (χ3v) is 4.03. The molecule has 0 aliphatic carbocycles. The molecule has 2 rings (SSSR count). The third-order valence-electron chi connectivity index (χ3n) is 3.18. The topological polar surface area (TPSA) is 55.8 Å². The average Bonchev–Trinajstić information content (AvgIpc) is 2.51. The van der Waals surface area contributed by atoms with Crippen LogP contribution in [0.1, 0.15) is 10.4 Å². The molecule has 1 N–H and O–H groups in total. The zero-order chi connectivity index (χ0) is 17.7. The van der Waals surface area contributed by atoms with E-state index in [1.54, 1.807) is 24.3 Å². The summed E-state index contributed by atoms with van der Waals surface area (Å²) in [6.07, 6.45) is 1.65. The zero-order valence-corrected chi connectivity index (χ0v) is 15.2. The van der Waals surface area contributed by atoms with Crippen molar-refractivity contribution in [3.8, 4) is 22.6 Å². The predicted molar refractivity (Wildman–Crippen MR) is 98.5 cm³/mol. The van der Waals surface area contributed by atoms with E-state index >= 15 is 0 Å². The Morgan fingerprint density at radius 3 is 2.29 bits per heavy atom. The van der Waals surface area contributed by atoms with Gasteiger partial charge in [-0.2, -0.15) is 0 Å². The summed E-state index contributed by atoms with van der Waals surface area (Å²) in [7, 11) is -1.67. The van der Waals surface area contributed by atoms with E-state index in [1.165, 1.54) is 0 Å². The molecule has 0 fully saturated rings. The van der Waals surface area contributed by atoms with Gasteiger partial charge in [0.05, 0.1) is 5.56 Å². The molecule has 0 spiro atoms. The van der Waals surface area contributed by atoms with Gasteiger partial charge in [-0.25, -0.2) is 4.79 Å². The number of carboxylic acids is 1. The first-order valence-corrected chi connectivity index (χ1v) is 11.1. The van der Waals surface area contributed by atoms with Gasteiger partial charge >= 0.3 is 5.97 Å². The Morgan fingerprint density at radius 1 is 1.12 bits per heavy atom. The molecule has 0 amide bonds. The minimum atomic E-state index is -1.67. The van der Waals surface area contributed by atoms with Crippen molar-refractivity contribution in [1.29, 1.82) is 0 Å². The summed E-state index contributed by atoms with van der Waals surface area (Å²) in [6.45, 7) is 10.3. The number of hydrogen-bond donors (Lipinski definition) is 1. The van der Waals surface area contributed by atoms with Gasteiger partial charge in [0.2, 0.25) is 8.32 Å². The molecule has 0 atom stereocenters. The Morgan fingerprint density at radius 2 is 1.75 bits per heavy atom. The molecule has 126 valence electrons. The van der Waals surface area contributed by atoms with Crippen LogP contribution in [0.15, 0.2) is 55.1 Å². The minimum Gasteiger partial charge on any atom is -0.544 e. The molecule has 0 aliphatic heterocycles. The molecule has 5 heteroatoms. The number of rotatable bonds is 7. The second-order valence-electron chi connectivity index (χ2n) is 6.35. The summed E-state index contributed by atoms with van der Waals surface area (Å²) in [5, 5.41) is 9.43. The fourth-order valence-electron chi connectivity index (χ4n) is 2.25. The summed E-state index contributed by atoms with van der Waals surface area (Å²) in [5.41, 5.74) is 1.66. The van der Waals surface area contributed by atoms with Crippen LogP contribution >= 0.6 is 0 Å². The Labute approximate surface area is 143 Å². The Balaban J connectivity index is 2.38. The van der Waals surface area contributed by atoms with Crippen molar-refractivity contribution < 1.29 is 19.1 Å². The van der Waals surface area contributed by atoms with Crippen molar-refractivity contribution in [2.24, 2.45) is 0 Å². The van der Waals surface area contributed by atoms with Gasteiger partial charge in [0.1, 0.15) is 18.1 Å². The number of ether oxygens (including phenoxy) is 1. The molecule has 0 aliphatic rings. The van der Waals surface area contributed by atoms with Crippen molar-refractivity contribution in [3.63, 3.8) is 0 Å². The largest absolute Gasteiger partial charge is 0.544 e. The molecular weight excluding hydrogens is 320 g/mol. The fraction of sp³-hybridized carbons (Fsp3) is 0.211. The van der Waals surface area contributed by atoms with Gasteiger partial charge in [0, 0.05) is 0 Å². The quantitative estimate of drug-likeness (QED) is 0.578. The van der Waals surface area contributed by atoms with Crippen molar-refractivity contribution in [2.75, 3.05) is 6.61 Å². The van der Waals surface area contributed by atoms with E-state index < -0.39 is 14.3 Å². The van der Waals surface area contributed by atoms with Gasteiger partial charge in [0.25, 0.3) is 0 Å². The molecule has 0 unspecified atom stereocenters. The SMILES string of the molecule is C=CCOc1ccc(C(=O)O)c(-c2ccc(O[Si](C)(C)C)cc2)c1. The van der Waals surface area contributed by atoms with Crippen molar-refractivity contribution in [2.45, 2.75) is 19.6 Å². The van der Waals surface area contributed by atoms with Gasteiger partial charge in [0.15, 0.2) is 0 Å². The van der Waals surface area contributed by atoms with Crippen LogP contribution in [-0.4, -0.2) is 26.0 Å². The number of benzene rings is 2. The van der Waals surface area contributed by atoms with E-state index in [2.05, 4.69) is 26.2 Å². The van der Waals surface area contributed by atoms with Crippen LogP contribution in [0.5, 0.6) is 11.5 Å². The van der Waals surface area contributed by atoms with E-state index in [4.69, 9.17) is 9.16 Å². The number of carbonyl (C=O) groups is 1. The fourth-order valence-corrected chi connectivity index (χ4v) is 3.09. The lowest BCUT2D eigenvalue weighted by molar-refractivity contribution is 0.0697. The Hall–Kier alpha value is -2.53. The van der Waals surface area contributed by atoms with Gasteiger partial charge in [-0.05, 0) is 61.1 Å². The average molecular weight is 342 g/mol. The van der Waals surface area contributed by atoms with E-state index in [-0.39, 0.29) is 5.56 Å². The van der Waals surface area contributed by atoms with Gasteiger partial charge in [-0.15, -0.1) is 0 Å². The minimum absolute atomic E-state index is 0.236. The van der Waals surface area contributed by atoms with Gasteiger partial charge in [-0.1, -0.05) is 24.8 Å². The highest BCUT2D eigenvalue weighted by Crippen LogP contribution is 2.30. The molecule has 0 saturated heterocycles. The summed E-state index contributed by atoms with van der Waals surface area (Å²) in [4.78, 5) is 11.5. The van der Waals surface area contributed by atoms with Crippen LogP contribution in [-0.2, 0) is 0 Å². The second-order valence-corrected chi connectivity index (χ2v) is 10.8. The van der Waals surface area contributed by atoms with E-state index in [0.29, 0.717) is 17.9 Å². The highest BCUT2D eigenvalue weighted by molar-refractivity contribution is 6.70. The van der Waals surface area contributed by atoms with Crippen LogP contribution < -0.4 is 9.16 Å². The normalized spacial score (nSPS) is 11.0. The zero-order valence-electron chi connectivity index (χ0n) is 14.2. The summed E-state index contributed by atoms with van der Waals surface area (Å²) in [6, 6.07) is 12.4. The highest BCUT2D eigenvalue weighted by Gasteiger charge is 2.17. The molecular formula is C19H22O4Si. The van der Waals surface area contributed by atoms with E-state index in [9.17, 15) is 9.90 Å². The van der Waals surface area contributed by atoms with Crippen LogP contribution in [0.2, 0.25) is 19.6 Å². The molecule has 2 aromatic carbocycles. The van der Waals surface area contributed by atoms with Crippen molar-refractivity contribution in [3.05, 3.63) is 60.7 Å².